The molecular weight excluding hydrogens is 558 g/mol. The van der Waals surface area contributed by atoms with Crippen molar-refractivity contribution in [2.75, 3.05) is 39.4 Å². The van der Waals surface area contributed by atoms with Gasteiger partial charge >= 0.3 is 6.03 Å². The van der Waals surface area contributed by atoms with Crippen LogP contribution in [0, 0.1) is 0 Å². The summed E-state index contributed by atoms with van der Waals surface area (Å²) in [6.07, 6.45) is 1.78. The van der Waals surface area contributed by atoms with Crippen LogP contribution in [0.25, 0.3) is 11.1 Å². The van der Waals surface area contributed by atoms with Crippen molar-refractivity contribution >= 4 is 6.03 Å². The van der Waals surface area contributed by atoms with Gasteiger partial charge in [-0.05, 0) is 46.9 Å². The third-order valence-corrected chi connectivity index (χ3v) is 8.72. The first-order valence-corrected chi connectivity index (χ1v) is 15.7. The van der Waals surface area contributed by atoms with Gasteiger partial charge in [-0.25, -0.2) is 4.79 Å². The van der Waals surface area contributed by atoms with Gasteiger partial charge in [0.1, 0.15) is 0 Å². The van der Waals surface area contributed by atoms with Gasteiger partial charge in [-0.15, -0.1) is 0 Å². The molecular formula is C35H43N3O6. The predicted octanol–water partition coefficient (Wildman–Crippen LogP) is 5.05. The Hall–Kier alpha value is -3.31. The highest BCUT2D eigenvalue weighted by molar-refractivity contribution is 5.74. The van der Waals surface area contributed by atoms with E-state index in [4.69, 9.17) is 18.9 Å². The van der Waals surface area contributed by atoms with E-state index < -0.39 is 12.1 Å². The summed E-state index contributed by atoms with van der Waals surface area (Å²) < 4.78 is 25.2. The van der Waals surface area contributed by atoms with Crippen molar-refractivity contribution in [3.8, 4) is 11.1 Å². The molecule has 3 heterocycles. The maximum atomic E-state index is 11.9. The van der Waals surface area contributed by atoms with E-state index in [0.717, 1.165) is 72.3 Å². The molecule has 3 atom stereocenters. The van der Waals surface area contributed by atoms with Crippen molar-refractivity contribution in [2.45, 2.75) is 63.6 Å². The number of rotatable bonds is 9. The molecule has 3 fully saturated rings. The van der Waals surface area contributed by atoms with Gasteiger partial charge in [0.2, 0.25) is 0 Å². The van der Waals surface area contributed by atoms with Crippen molar-refractivity contribution in [1.82, 2.24) is 15.5 Å². The molecule has 6 rings (SSSR count). The van der Waals surface area contributed by atoms with Crippen LogP contribution < -0.4 is 10.6 Å². The normalized spacial score (nSPS) is 23.5. The van der Waals surface area contributed by atoms with Crippen LogP contribution in [0.5, 0.6) is 0 Å². The van der Waals surface area contributed by atoms with E-state index in [1.54, 1.807) is 0 Å². The molecule has 3 unspecified atom stereocenters. The Bertz CT molecular complexity index is 1380. The predicted molar refractivity (Wildman–Crippen MR) is 167 cm³/mol. The molecule has 3 aromatic rings. The van der Waals surface area contributed by atoms with E-state index in [1.807, 2.05) is 49.4 Å². The fourth-order valence-electron chi connectivity index (χ4n) is 6.31. The molecule has 3 aromatic carbocycles. The number of aliphatic hydroxyl groups excluding tert-OH is 1. The lowest BCUT2D eigenvalue weighted by Gasteiger charge is -2.41. The van der Waals surface area contributed by atoms with Crippen molar-refractivity contribution in [3.05, 3.63) is 95.1 Å². The third kappa shape index (κ3) is 7.48. The molecule has 2 amide bonds. The zero-order valence-corrected chi connectivity index (χ0v) is 25.4. The Labute approximate surface area is 259 Å². The molecule has 0 saturated carbocycles. The summed E-state index contributed by atoms with van der Waals surface area (Å²) >= 11 is 0. The number of carbonyl (C=O) groups is 1. The van der Waals surface area contributed by atoms with Crippen LogP contribution in [-0.2, 0) is 32.1 Å². The van der Waals surface area contributed by atoms with E-state index in [0.29, 0.717) is 26.3 Å². The average molecular weight is 602 g/mol. The summed E-state index contributed by atoms with van der Waals surface area (Å²) in [5, 5.41) is 15.2. The van der Waals surface area contributed by atoms with E-state index in [-0.39, 0.29) is 24.8 Å². The molecule has 3 saturated heterocycles. The van der Waals surface area contributed by atoms with Gasteiger partial charge in [0.05, 0.1) is 32.0 Å². The van der Waals surface area contributed by atoms with Crippen LogP contribution in [0.4, 0.5) is 4.79 Å². The lowest BCUT2D eigenvalue weighted by atomic mass is 9.97. The first-order valence-electron chi connectivity index (χ1n) is 15.7. The number of ether oxygens (including phenoxy) is 4. The number of benzene rings is 3. The van der Waals surface area contributed by atoms with Crippen LogP contribution in [0.15, 0.2) is 72.8 Å². The third-order valence-electron chi connectivity index (χ3n) is 8.72. The Kier molecular flexibility index (Phi) is 9.91. The molecule has 234 valence electrons. The summed E-state index contributed by atoms with van der Waals surface area (Å²) in [6, 6.07) is 24.3. The minimum Gasteiger partial charge on any atom is -0.392 e. The van der Waals surface area contributed by atoms with Gasteiger partial charge in [0, 0.05) is 57.5 Å². The highest BCUT2D eigenvalue weighted by Crippen LogP contribution is 2.40. The zero-order chi connectivity index (χ0) is 30.4. The smallest absolute Gasteiger partial charge is 0.315 e. The van der Waals surface area contributed by atoms with Crippen LogP contribution in [-0.4, -0.2) is 67.3 Å². The molecule has 3 aliphatic rings. The van der Waals surface area contributed by atoms with Crippen LogP contribution in [0.3, 0.4) is 0 Å². The quantitative estimate of drug-likeness (QED) is 0.316. The minimum atomic E-state index is -0.531. The fraction of sp³-hybridized carbons (Fsp3) is 0.457. The van der Waals surface area contributed by atoms with Gasteiger partial charge in [-0.2, -0.15) is 0 Å². The monoisotopic (exact) mass is 601 g/mol. The second kappa shape index (κ2) is 14.2. The number of piperidine rings is 1. The summed E-state index contributed by atoms with van der Waals surface area (Å²) in [4.78, 5) is 14.3. The number of likely N-dealkylation sites (tertiary alicyclic amines) is 1. The van der Waals surface area contributed by atoms with E-state index >= 15 is 0 Å². The molecule has 3 aliphatic heterocycles. The topological polar surface area (TPSA) is 102 Å². The zero-order valence-electron chi connectivity index (χ0n) is 25.4. The SMILES string of the molecule is CCNC(=O)NCc1cccc(-c2cccc(C3OC(CN4CCC5(CC4)OCCO5)CC(c4ccc(CO)cc4)O3)c2)c1. The number of urea groups is 1. The summed E-state index contributed by atoms with van der Waals surface area (Å²) in [7, 11) is 0. The molecule has 9 nitrogen and oxygen atoms in total. The van der Waals surface area contributed by atoms with Crippen molar-refractivity contribution in [2.24, 2.45) is 0 Å². The highest BCUT2D eigenvalue weighted by atomic mass is 16.7. The second-order valence-corrected chi connectivity index (χ2v) is 11.8. The molecule has 0 bridgehead atoms. The molecule has 0 aliphatic carbocycles. The van der Waals surface area contributed by atoms with E-state index in [9.17, 15) is 9.90 Å². The second-order valence-electron chi connectivity index (χ2n) is 11.8. The number of amides is 2. The number of hydrogen-bond donors (Lipinski definition) is 3. The van der Waals surface area contributed by atoms with Gasteiger partial charge in [-0.3, -0.25) is 0 Å². The molecule has 0 aromatic heterocycles. The number of carbonyl (C=O) groups excluding carboxylic acids is 1. The lowest BCUT2D eigenvalue weighted by molar-refractivity contribution is -0.255. The Balaban J connectivity index is 1.19. The standard InChI is InChI=1S/C35H43N3O6/c1-2-36-34(40)37-22-26-5-3-6-28(19-26)29-7-4-8-30(20-29)33-43-31(21-32(44-33)27-11-9-25(24-39)10-12-27)23-38-15-13-35(14-16-38)41-17-18-42-35/h3-12,19-20,31-33,39H,2,13-18,21-24H2,1H3,(H2,36,37,40). The minimum absolute atomic E-state index is 0.0139. The largest absolute Gasteiger partial charge is 0.392 e. The van der Waals surface area contributed by atoms with Crippen molar-refractivity contribution in [1.29, 1.82) is 0 Å². The molecule has 9 heteroatoms. The summed E-state index contributed by atoms with van der Waals surface area (Å²) in [5.41, 5.74) is 6.05. The van der Waals surface area contributed by atoms with E-state index in [1.165, 1.54) is 0 Å². The van der Waals surface area contributed by atoms with Crippen LogP contribution >= 0.6 is 0 Å². The van der Waals surface area contributed by atoms with Crippen molar-refractivity contribution < 1.29 is 28.8 Å². The highest BCUT2D eigenvalue weighted by Gasteiger charge is 2.41. The molecule has 3 N–H and O–H groups in total. The number of nitrogens with one attached hydrogen (secondary N) is 2. The van der Waals surface area contributed by atoms with E-state index in [2.05, 4.69) is 45.9 Å². The molecule has 1 spiro atoms. The molecule has 44 heavy (non-hydrogen) atoms. The fourth-order valence-corrected chi connectivity index (χ4v) is 6.31. The number of hydrogen-bond acceptors (Lipinski definition) is 7. The van der Waals surface area contributed by atoms with Gasteiger partial charge in [0.25, 0.3) is 0 Å². The van der Waals surface area contributed by atoms with Crippen LogP contribution in [0.2, 0.25) is 0 Å². The van der Waals surface area contributed by atoms with Gasteiger partial charge in [-0.1, -0.05) is 60.7 Å². The average Bonchev–Trinajstić information content (AvgIpc) is 3.53. The van der Waals surface area contributed by atoms with Crippen LogP contribution in [0.1, 0.15) is 60.8 Å². The first kappa shape index (κ1) is 30.7. The first-order chi connectivity index (χ1) is 21.5. The molecule has 0 radical (unpaired) electrons. The lowest BCUT2D eigenvalue weighted by Crippen LogP contribution is -2.48. The van der Waals surface area contributed by atoms with Gasteiger partial charge < -0.3 is 39.6 Å². The van der Waals surface area contributed by atoms with Crippen molar-refractivity contribution in [3.63, 3.8) is 0 Å². The summed E-state index contributed by atoms with van der Waals surface area (Å²) in [5.74, 6) is -0.401. The Morgan fingerprint density at radius 1 is 0.886 bits per heavy atom. The number of nitrogens with zero attached hydrogens (tertiary/aromatic N) is 1. The van der Waals surface area contributed by atoms with Gasteiger partial charge in [0.15, 0.2) is 12.1 Å². The Morgan fingerprint density at radius 3 is 2.34 bits per heavy atom. The summed E-state index contributed by atoms with van der Waals surface area (Å²) in [6.45, 7) is 6.92. The maximum Gasteiger partial charge on any atom is 0.315 e. The Morgan fingerprint density at radius 2 is 1.61 bits per heavy atom. The maximum absolute atomic E-state index is 11.9. The number of aliphatic hydroxyl groups is 1.